The van der Waals surface area contributed by atoms with Crippen LogP contribution in [0.3, 0.4) is 0 Å². The quantitative estimate of drug-likeness (QED) is 0.638. The zero-order chi connectivity index (χ0) is 19.4. The predicted octanol–water partition coefficient (Wildman–Crippen LogP) is 4.59. The number of rotatable bonds is 4. The molecule has 0 bridgehead atoms. The summed E-state index contributed by atoms with van der Waals surface area (Å²) < 4.78 is 14.4. The Balaban J connectivity index is 1.80. The summed E-state index contributed by atoms with van der Waals surface area (Å²) >= 11 is 0. The number of nitrogens with zero attached hydrogens (tertiary/aromatic N) is 2. The molecular formula is C22H22FN3O. The van der Waals surface area contributed by atoms with Gasteiger partial charge in [-0.05, 0) is 73.7 Å². The van der Waals surface area contributed by atoms with Crippen molar-refractivity contribution in [1.82, 2.24) is 0 Å². The number of carbonyl (C=O) groups excluding carboxylic acids is 1. The zero-order valence-electron chi connectivity index (χ0n) is 15.6. The van der Waals surface area contributed by atoms with Gasteiger partial charge in [0, 0.05) is 18.8 Å². The maximum Gasteiger partial charge on any atom is 0.266 e. The van der Waals surface area contributed by atoms with Crippen LogP contribution in [0.5, 0.6) is 0 Å². The molecule has 0 atom stereocenters. The van der Waals surface area contributed by atoms with Gasteiger partial charge in [0.25, 0.3) is 5.91 Å². The minimum Gasteiger partial charge on any atom is -0.369 e. The maximum atomic E-state index is 14.4. The van der Waals surface area contributed by atoms with Crippen LogP contribution < -0.4 is 10.2 Å². The summed E-state index contributed by atoms with van der Waals surface area (Å²) in [4.78, 5) is 14.4. The first kappa shape index (κ1) is 18.7. The van der Waals surface area contributed by atoms with Crippen molar-refractivity contribution in [2.75, 3.05) is 23.3 Å². The van der Waals surface area contributed by atoms with Crippen molar-refractivity contribution in [2.24, 2.45) is 0 Å². The molecule has 138 valence electrons. The number of hydrogen-bond acceptors (Lipinski definition) is 3. The highest BCUT2D eigenvalue weighted by atomic mass is 19.1. The maximum absolute atomic E-state index is 14.4. The fraction of sp³-hybridized carbons (Fsp3) is 0.273. The second-order valence-electron chi connectivity index (χ2n) is 6.91. The van der Waals surface area contributed by atoms with Crippen molar-refractivity contribution in [3.05, 3.63) is 64.5 Å². The number of carbonyl (C=O) groups is 1. The Bertz CT molecular complexity index is 917. The van der Waals surface area contributed by atoms with Crippen molar-refractivity contribution in [1.29, 1.82) is 5.26 Å². The third-order valence-corrected chi connectivity index (χ3v) is 4.57. The van der Waals surface area contributed by atoms with E-state index in [-0.39, 0.29) is 11.4 Å². The Morgan fingerprint density at radius 2 is 1.81 bits per heavy atom. The molecule has 3 rings (SSSR count). The van der Waals surface area contributed by atoms with E-state index in [1.165, 1.54) is 12.1 Å². The Labute approximate surface area is 158 Å². The summed E-state index contributed by atoms with van der Waals surface area (Å²) in [5.41, 5.74) is 3.67. The highest BCUT2D eigenvalue weighted by molar-refractivity contribution is 6.09. The molecule has 1 aliphatic heterocycles. The van der Waals surface area contributed by atoms with Gasteiger partial charge in [0.2, 0.25) is 0 Å². The molecule has 27 heavy (non-hydrogen) atoms. The summed E-state index contributed by atoms with van der Waals surface area (Å²) in [6.45, 7) is 5.59. The topological polar surface area (TPSA) is 56.1 Å². The van der Waals surface area contributed by atoms with Gasteiger partial charge in [-0.2, -0.15) is 5.26 Å². The molecule has 4 nitrogen and oxygen atoms in total. The molecule has 5 heteroatoms. The highest BCUT2D eigenvalue weighted by Gasteiger charge is 2.16. The summed E-state index contributed by atoms with van der Waals surface area (Å²) in [6, 6.07) is 12.4. The standard InChI is InChI=1S/C22H22FN3O/c1-15-9-16(2)11-19(10-15)25-22(27)18(14-24)12-17-5-6-21(20(23)13-17)26-7-3-4-8-26/h5-6,9-13H,3-4,7-8H2,1-2H3,(H,25,27)/b18-12+. The van der Waals surface area contributed by atoms with Gasteiger partial charge in [0.15, 0.2) is 0 Å². The van der Waals surface area contributed by atoms with E-state index in [9.17, 15) is 14.4 Å². The second-order valence-corrected chi connectivity index (χ2v) is 6.91. The van der Waals surface area contributed by atoms with Crippen molar-refractivity contribution in [2.45, 2.75) is 26.7 Å². The summed E-state index contributed by atoms with van der Waals surface area (Å²) in [5.74, 6) is -0.843. The monoisotopic (exact) mass is 363 g/mol. The van der Waals surface area contributed by atoms with Crippen molar-refractivity contribution < 1.29 is 9.18 Å². The van der Waals surface area contributed by atoms with Gasteiger partial charge in [-0.25, -0.2) is 4.39 Å². The van der Waals surface area contributed by atoms with Gasteiger partial charge < -0.3 is 10.2 Å². The number of aryl methyl sites for hydroxylation is 2. The molecule has 2 aromatic carbocycles. The van der Waals surface area contributed by atoms with E-state index in [0.717, 1.165) is 37.1 Å². The van der Waals surface area contributed by atoms with Crippen molar-refractivity contribution >= 4 is 23.4 Å². The third kappa shape index (κ3) is 4.53. The molecule has 0 aromatic heterocycles. The number of nitriles is 1. The number of hydrogen-bond donors (Lipinski definition) is 1. The average Bonchev–Trinajstić information content (AvgIpc) is 3.13. The summed E-state index contributed by atoms with van der Waals surface area (Å²) in [6.07, 6.45) is 3.55. The first-order valence-corrected chi connectivity index (χ1v) is 9.02. The van der Waals surface area contributed by atoms with Gasteiger partial charge in [-0.1, -0.05) is 12.1 Å². The number of nitrogens with one attached hydrogen (secondary N) is 1. The summed E-state index contributed by atoms with van der Waals surface area (Å²) in [5, 5.41) is 12.1. The smallest absolute Gasteiger partial charge is 0.266 e. The first-order chi connectivity index (χ1) is 13.0. The number of amides is 1. The SMILES string of the molecule is Cc1cc(C)cc(NC(=O)/C(C#N)=C/c2ccc(N3CCCC3)c(F)c2)c1. The molecule has 0 radical (unpaired) electrons. The minimum atomic E-state index is -0.508. The Hall–Kier alpha value is -3.13. The molecule has 1 N–H and O–H groups in total. The van der Waals surface area contributed by atoms with Crippen molar-refractivity contribution in [3.63, 3.8) is 0 Å². The van der Waals surface area contributed by atoms with E-state index < -0.39 is 5.91 Å². The average molecular weight is 363 g/mol. The predicted molar refractivity (Wildman–Crippen MR) is 106 cm³/mol. The molecule has 0 spiro atoms. The van der Waals surface area contributed by atoms with Gasteiger partial charge in [0.1, 0.15) is 17.5 Å². The van der Waals surface area contributed by atoms with Crippen LogP contribution in [0.4, 0.5) is 15.8 Å². The van der Waals surface area contributed by atoms with E-state index in [1.54, 1.807) is 12.1 Å². The van der Waals surface area contributed by atoms with Crippen LogP contribution in [-0.4, -0.2) is 19.0 Å². The first-order valence-electron chi connectivity index (χ1n) is 9.02. The molecule has 2 aromatic rings. The molecule has 1 amide bonds. The molecule has 1 fully saturated rings. The van der Waals surface area contributed by atoms with E-state index in [2.05, 4.69) is 5.32 Å². The van der Waals surface area contributed by atoms with E-state index in [1.807, 2.05) is 43.0 Å². The molecule has 1 aliphatic rings. The fourth-order valence-electron chi connectivity index (χ4n) is 3.39. The highest BCUT2D eigenvalue weighted by Crippen LogP contribution is 2.25. The third-order valence-electron chi connectivity index (χ3n) is 4.57. The molecular weight excluding hydrogens is 341 g/mol. The molecule has 1 saturated heterocycles. The molecule has 1 heterocycles. The van der Waals surface area contributed by atoms with Gasteiger partial charge in [0.05, 0.1) is 5.69 Å². The van der Waals surface area contributed by atoms with Gasteiger partial charge in [-0.15, -0.1) is 0 Å². The van der Waals surface area contributed by atoms with Crippen LogP contribution in [0.1, 0.15) is 29.5 Å². The van der Waals surface area contributed by atoms with Crippen LogP contribution in [0.15, 0.2) is 42.0 Å². The second kappa shape index (κ2) is 8.05. The normalized spacial score (nSPS) is 14.1. The van der Waals surface area contributed by atoms with E-state index in [4.69, 9.17) is 0 Å². The van der Waals surface area contributed by atoms with E-state index in [0.29, 0.717) is 16.9 Å². The van der Waals surface area contributed by atoms with Gasteiger partial charge in [-0.3, -0.25) is 4.79 Å². The fourth-order valence-corrected chi connectivity index (χ4v) is 3.39. The van der Waals surface area contributed by atoms with E-state index >= 15 is 0 Å². The van der Waals surface area contributed by atoms with Crippen LogP contribution in [-0.2, 0) is 4.79 Å². The lowest BCUT2D eigenvalue weighted by atomic mass is 10.1. The summed E-state index contributed by atoms with van der Waals surface area (Å²) in [7, 11) is 0. The number of benzene rings is 2. The number of halogens is 1. The Kier molecular flexibility index (Phi) is 5.56. The van der Waals surface area contributed by atoms with Crippen molar-refractivity contribution in [3.8, 4) is 6.07 Å². The lowest BCUT2D eigenvalue weighted by Gasteiger charge is -2.18. The number of anilines is 2. The van der Waals surface area contributed by atoms with Crippen LogP contribution in [0, 0.1) is 31.0 Å². The van der Waals surface area contributed by atoms with Crippen LogP contribution in [0.2, 0.25) is 0 Å². The molecule has 0 unspecified atom stereocenters. The largest absolute Gasteiger partial charge is 0.369 e. The minimum absolute atomic E-state index is 0.0671. The Morgan fingerprint density at radius 3 is 2.41 bits per heavy atom. The molecule has 0 saturated carbocycles. The van der Waals surface area contributed by atoms with Crippen LogP contribution in [0.25, 0.3) is 6.08 Å². The van der Waals surface area contributed by atoms with Gasteiger partial charge >= 0.3 is 0 Å². The Morgan fingerprint density at radius 1 is 1.15 bits per heavy atom. The lowest BCUT2D eigenvalue weighted by molar-refractivity contribution is -0.112. The van der Waals surface area contributed by atoms with Crippen LogP contribution >= 0.6 is 0 Å². The zero-order valence-corrected chi connectivity index (χ0v) is 15.6. The molecule has 0 aliphatic carbocycles. The lowest BCUT2D eigenvalue weighted by Crippen LogP contribution is -2.18.